The van der Waals surface area contributed by atoms with Crippen molar-refractivity contribution in [2.45, 2.75) is 31.5 Å². The Morgan fingerprint density at radius 3 is 2.38 bits per heavy atom. The number of hydrogen-bond acceptors (Lipinski definition) is 5. The molecule has 3 N–H and O–H groups in total. The molecule has 2 heterocycles. The quantitative estimate of drug-likeness (QED) is 0.208. The van der Waals surface area contributed by atoms with Crippen LogP contribution in [0.1, 0.15) is 34.3 Å². The van der Waals surface area contributed by atoms with E-state index in [1.54, 1.807) is 31.4 Å². The standard InChI is InChI=1S/C32H35ClN4O3.C2HF3O2/c1-20(27-17-34-28-8-6-5-7-26(27)28)30(35-31(38)22-9-12-25(40-4)13-10-22)32(39)37-19-21(18-36(2)3)15-23-16-24(33)11-14-29(23)37;3-2(4,5)1(6)7/h5-14,16-17,20-21,30,34H,15,18-19H2,1-4H3,(H,35,38);(H,6,7)/t20?,21-,30?;/m1./s1. The lowest BCUT2D eigenvalue weighted by Crippen LogP contribution is -2.54. The molecule has 9 nitrogen and oxygen atoms in total. The summed E-state index contributed by atoms with van der Waals surface area (Å²) in [5, 5.41) is 11.9. The monoisotopic (exact) mass is 672 g/mol. The number of carboxylic acids is 1. The number of ether oxygens (including phenoxy) is 1. The van der Waals surface area contributed by atoms with Gasteiger partial charge in [0.05, 0.1) is 7.11 Å². The van der Waals surface area contributed by atoms with E-state index in [1.165, 1.54) is 0 Å². The minimum absolute atomic E-state index is 0.147. The molecule has 47 heavy (non-hydrogen) atoms. The second-order valence-electron chi connectivity index (χ2n) is 11.6. The molecule has 4 aromatic rings. The van der Waals surface area contributed by atoms with Crippen LogP contribution in [0.4, 0.5) is 18.9 Å². The summed E-state index contributed by atoms with van der Waals surface area (Å²) < 4.78 is 37.0. The molecule has 3 atom stereocenters. The second-order valence-corrected chi connectivity index (χ2v) is 12.1. The number of nitrogens with one attached hydrogen (secondary N) is 2. The number of halogens is 4. The third kappa shape index (κ3) is 8.63. The highest BCUT2D eigenvalue weighted by molar-refractivity contribution is 6.30. The first-order chi connectivity index (χ1) is 22.2. The van der Waals surface area contributed by atoms with Gasteiger partial charge < -0.3 is 29.9 Å². The Labute approximate surface area is 275 Å². The van der Waals surface area contributed by atoms with E-state index in [0.717, 1.165) is 40.7 Å². The van der Waals surface area contributed by atoms with Gasteiger partial charge in [-0.25, -0.2) is 4.79 Å². The topological polar surface area (TPSA) is 115 Å². The summed E-state index contributed by atoms with van der Waals surface area (Å²) in [4.78, 5) is 44.3. The van der Waals surface area contributed by atoms with E-state index in [0.29, 0.717) is 22.9 Å². The number of para-hydroxylation sites is 1. The molecule has 0 saturated carbocycles. The van der Waals surface area contributed by atoms with Crippen molar-refractivity contribution in [3.63, 3.8) is 0 Å². The Morgan fingerprint density at radius 2 is 1.77 bits per heavy atom. The zero-order chi connectivity index (χ0) is 34.5. The van der Waals surface area contributed by atoms with E-state index in [9.17, 15) is 22.8 Å². The Kier molecular flexibility index (Phi) is 11.2. The van der Waals surface area contributed by atoms with E-state index >= 15 is 0 Å². The number of H-pyrrole nitrogens is 1. The molecule has 13 heteroatoms. The number of aromatic nitrogens is 1. The van der Waals surface area contributed by atoms with Gasteiger partial charge in [0.15, 0.2) is 0 Å². The van der Waals surface area contributed by atoms with E-state index in [-0.39, 0.29) is 23.7 Å². The van der Waals surface area contributed by atoms with Gasteiger partial charge in [-0.05, 0) is 86.1 Å². The lowest BCUT2D eigenvalue weighted by Gasteiger charge is -2.38. The molecule has 0 bridgehead atoms. The third-order valence-electron chi connectivity index (χ3n) is 7.93. The number of carbonyl (C=O) groups excluding carboxylic acids is 2. The van der Waals surface area contributed by atoms with Crippen molar-refractivity contribution >= 4 is 46.0 Å². The minimum atomic E-state index is -5.08. The summed E-state index contributed by atoms with van der Waals surface area (Å²) in [6, 6.07) is 19.8. The SMILES string of the molecule is COc1ccc(C(=O)NC(C(=O)N2C[C@@H](CN(C)C)Cc3cc(Cl)ccc32)C(C)c2c[nH]c3ccccc23)cc1.O=C(O)C(F)(F)F. The van der Waals surface area contributed by atoms with E-state index in [4.69, 9.17) is 26.2 Å². The van der Waals surface area contributed by atoms with Crippen molar-refractivity contribution in [2.75, 3.05) is 39.2 Å². The van der Waals surface area contributed by atoms with E-state index < -0.39 is 18.2 Å². The number of anilines is 1. The molecule has 5 rings (SSSR count). The highest BCUT2D eigenvalue weighted by Gasteiger charge is 2.39. The number of fused-ring (bicyclic) bond motifs is 2. The number of carboxylic acid groups (broad SMARTS) is 1. The second kappa shape index (κ2) is 14.9. The predicted molar refractivity (Wildman–Crippen MR) is 174 cm³/mol. The van der Waals surface area contributed by atoms with Crippen LogP contribution in [0.25, 0.3) is 10.9 Å². The smallest absolute Gasteiger partial charge is 0.490 e. The van der Waals surface area contributed by atoms with Crippen LogP contribution in [0.15, 0.2) is 72.9 Å². The van der Waals surface area contributed by atoms with Crippen LogP contribution in [0.5, 0.6) is 5.75 Å². The van der Waals surface area contributed by atoms with Crippen molar-refractivity contribution in [3.05, 3.63) is 94.6 Å². The summed E-state index contributed by atoms with van der Waals surface area (Å²) in [6.45, 7) is 3.38. The van der Waals surface area contributed by atoms with Crippen LogP contribution in [0, 0.1) is 5.92 Å². The number of rotatable bonds is 8. The molecule has 3 aromatic carbocycles. The summed E-state index contributed by atoms with van der Waals surface area (Å²) >= 11 is 6.37. The fourth-order valence-corrected chi connectivity index (χ4v) is 5.94. The van der Waals surface area contributed by atoms with Gasteiger partial charge in [0.25, 0.3) is 5.91 Å². The first-order valence-corrected chi connectivity index (χ1v) is 15.1. The molecule has 1 aromatic heterocycles. The number of hydrogen-bond donors (Lipinski definition) is 3. The number of aromatic amines is 1. The molecular weight excluding hydrogens is 637 g/mol. The highest BCUT2D eigenvalue weighted by Crippen LogP contribution is 2.35. The van der Waals surface area contributed by atoms with Crippen molar-refractivity contribution in [1.82, 2.24) is 15.2 Å². The van der Waals surface area contributed by atoms with Crippen molar-refractivity contribution in [2.24, 2.45) is 5.92 Å². The summed E-state index contributed by atoms with van der Waals surface area (Å²) in [6.07, 6.45) is -2.31. The minimum Gasteiger partial charge on any atom is -0.497 e. The average Bonchev–Trinajstić information content (AvgIpc) is 3.46. The first-order valence-electron chi connectivity index (χ1n) is 14.7. The predicted octanol–water partition coefficient (Wildman–Crippen LogP) is 6.13. The van der Waals surface area contributed by atoms with Gasteiger partial charge in [-0.1, -0.05) is 36.7 Å². The van der Waals surface area contributed by atoms with E-state index in [2.05, 4.69) is 15.2 Å². The van der Waals surface area contributed by atoms with Crippen LogP contribution in [0.2, 0.25) is 5.02 Å². The number of amides is 2. The molecule has 250 valence electrons. The molecule has 0 aliphatic carbocycles. The van der Waals surface area contributed by atoms with Gasteiger partial charge in [0, 0.05) is 52.4 Å². The molecule has 0 saturated heterocycles. The fourth-order valence-electron chi connectivity index (χ4n) is 5.75. The Hall–Kier alpha value is -4.55. The average molecular weight is 673 g/mol. The Balaban J connectivity index is 0.000000644. The van der Waals surface area contributed by atoms with Crippen molar-refractivity contribution < 1.29 is 37.4 Å². The molecule has 1 aliphatic rings. The fraction of sp³-hybridized carbons (Fsp3) is 0.324. The Bertz CT molecular complexity index is 1730. The number of aliphatic carboxylic acids is 1. The van der Waals surface area contributed by atoms with Crippen LogP contribution < -0.4 is 15.0 Å². The van der Waals surface area contributed by atoms with Crippen molar-refractivity contribution in [3.8, 4) is 5.75 Å². The molecule has 0 fully saturated rings. The molecule has 2 unspecified atom stereocenters. The van der Waals surface area contributed by atoms with Crippen LogP contribution in [-0.2, 0) is 16.0 Å². The van der Waals surface area contributed by atoms with Gasteiger partial charge in [0.2, 0.25) is 5.91 Å². The van der Waals surface area contributed by atoms with Gasteiger partial charge in [0.1, 0.15) is 11.8 Å². The van der Waals surface area contributed by atoms with Gasteiger partial charge in [-0.3, -0.25) is 9.59 Å². The summed E-state index contributed by atoms with van der Waals surface area (Å²) in [5.41, 5.74) is 4.31. The van der Waals surface area contributed by atoms with Gasteiger partial charge in [-0.2, -0.15) is 13.2 Å². The summed E-state index contributed by atoms with van der Waals surface area (Å²) in [7, 11) is 5.66. The van der Waals surface area contributed by atoms with Crippen molar-refractivity contribution in [1.29, 1.82) is 0 Å². The molecular formula is C34H36ClF3N4O5. The van der Waals surface area contributed by atoms with E-state index in [1.807, 2.05) is 74.6 Å². The molecule has 0 radical (unpaired) electrons. The lowest BCUT2D eigenvalue weighted by molar-refractivity contribution is -0.192. The summed E-state index contributed by atoms with van der Waals surface area (Å²) in [5.74, 6) is -2.64. The Morgan fingerprint density at radius 1 is 1.11 bits per heavy atom. The van der Waals surface area contributed by atoms with Crippen LogP contribution >= 0.6 is 11.6 Å². The number of methoxy groups -OCH3 is 1. The number of alkyl halides is 3. The van der Waals surface area contributed by atoms with Gasteiger partial charge in [-0.15, -0.1) is 0 Å². The zero-order valence-electron chi connectivity index (χ0n) is 26.3. The molecule has 1 aliphatic heterocycles. The normalized spacial score (nSPS) is 15.7. The van der Waals surface area contributed by atoms with Crippen LogP contribution in [-0.4, -0.2) is 79.3 Å². The number of benzene rings is 3. The number of carbonyl (C=O) groups is 3. The largest absolute Gasteiger partial charge is 0.497 e. The maximum absolute atomic E-state index is 14.6. The maximum atomic E-state index is 14.6. The third-order valence-corrected chi connectivity index (χ3v) is 8.17. The van der Waals surface area contributed by atoms with Gasteiger partial charge >= 0.3 is 12.1 Å². The lowest BCUT2D eigenvalue weighted by atomic mass is 9.88. The first kappa shape index (κ1) is 35.3. The van der Waals surface area contributed by atoms with Crippen LogP contribution in [0.3, 0.4) is 0 Å². The molecule has 0 spiro atoms. The zero-order valence-corrected chi connectivity index (χ0v) is 27.0. The highest BCUT2D eigenvalue weighted by atomic mass is 35.5. The maximum Gasteiger partial charge on any atom is 0.490 e. The molecule has 2 amide bonds. The number of nitrogens with zero attached hydrogens (tertiary/aromatic N) is 2.